The highest BCUT2D eigenvalue weighted by molar-refractivity contribution is 4.82. The molecule has 2 fully saturated rings. The Morgan fingerprint density at radius 1 is 1.06 bits per heavy atom. The molecule has 18 heavy (non-hydrogen) atoms. The van der Waals surface area contributed by atoms with E-state index in [0.717, 1.165) is 38.0 Å². The first-order chi connectivity index (χ1) is 8.79. The molecule has 1 aliphatic carbocycles. The van der Waals surface area contributed by atoms with Gasteiger partial charge in [0.2, 0.25) is 0 Å². The zero-order valence-electron chi connectivity index (χ0n) is 11.8. The Hall–Kier alpha value is -0.120. The van der Waals surface area contributed by atoms with E-state index in [0.29, 0.717) is 5.92 Å². The van der Waals surface area contributed by atoms with Crippen LogP contribution in [-0.2, 0) is 0 Å². The second-order valence-electron chi connectivity index (χ2n) is 6.32. The van der Waals surface area contributed by atoms with E-state index in [1.165, 1.54) is 38.5 Å². The minimum absolute atomic E-state index is 0.141. The normalized spacial score (nSPS) is 37.0. The molecule has 106 valence electrons. The van der Waals surface area contributed by atoms with Crippen LogP contribution >= 0.6 is 0 Å². The number of aliphatic hydroxyl groups excluding tert-OH is 1. The Balaban J connectivity index is 1.55. The largest absolute Gasteiger partial charge is 0.391 e. The Kier molecular flexibility index (Phi) is 5.93. The molecule has 0 radical (unpaired) electrons. The molecule has 0 amide bonds. The highest BCUT2D eigenvalue weighted by Gasteiger charge is 2.25. The van der Waals surface area contributed by atoms with Gasteiger partial charge in [-0.2, -0.15) is 0 Å². The van der Waals surface area contributed by atoms with Crippen LogP contribution in [0, 0.1) is 17.8 Å². The van der Waals surface area contributed by atoms with Gasteiger partial charge >= 0.3 is 0 Å². The maximum atomic E-state index is 9.72. The van der Waals surface area contributed by atoms with Gasteiger partial charge in [0, 0.05) is 25.6 Å². The van der Waals surface area contributed by atoms with Crippen LogP contribution in [0.5, 0.6) is 0 Å². The number of β-amino-alcohol motifs (C(OH)–C–C–N with tert-alkyl or cyclic N) is 1. The molecular weight excluding hydrogens is 224 g/mol. The summed E-state index contributed by atoms with van der Waals surface area (Å²) in [6.07, 6.45) is 8.33. The summed E-state index contributed by atoms with van der Waals surface area (Å²) in [5.74, 6) is 2.30. The molecule has 1 aliphatic heterocycles. The van der Waals surface area contributed by atoms with Crippen molar-refractivity contribution in [3.63, 3.8) is 0 Å². The summed E-state index contributed by atoms with van der Waals surface area (Å²) < 4.78 is 0. The topological polar surface area (TPSA) is 44.3 Å². The molecule has 0 bridgehead atoms. The average molecular weight is 254 g/mol. The molecule has 0 aromatic carbocycles. The minimum atomic E-state index is -0.141. The second-order valence-corrected chi connectivity index (χ2v) is 6.32. The van der Waals surface area contributed by atoms with E-state index in [9.17, 15) is 5.11 Å². The molecule has 0 aromatic heterocycles. The molecule has 1 saturated heterocycles. The average Bonchev–Trinajstić information content (AvgIpc) is 2.78. The fraction of sp³-hybridized carbons (Fsp3) is 1.00. The van der Waals surface area contributed by atoms with Crippen LogP contribution in [0.3, 0.4) is 0 Å². The summed E-state index contributed by atoms with van der Waals surface area (Å²) in [4.78, 5) is 0. The SMILES string of the molecule is CCCC1CCC(CNCC2CNCC2O)CC1. The lowest BCUT2D eigenvalue weighted by molar-refractivity contribution is 0.144. The van der Waals surface area contributed by atoms with Crippen LogP contribution < -0.4 is 10.6 Å². The number of hydrogen-bond donors (Lipinski definition) is 3. The highest BCUT2D eigenvalue weighted by Crippen LogP contribution is 2.31. The third-order valence-corrected chi connectivity index (χ3v) is 4.81. The lowest BCUT2D eigenvalue weighted by atomic mass is 9.80. The Morgan fingerprint density at radius 3 is 2.39 bits per heavy atom. The van der Waals surface area contributed by atoms with E-state index in [4.69, 9.17) is 0 Å². The summed E-state index contributed by atoms with van der Waals surface area (Å²) >= 11 is 0. The van der Waals surface area contributed by atoms with Gasteiger partial charge in [0.05, 0.1) is 6.10 Å². The van der Waals surface area contributed by atoms with Crippen LogP contribution in [0.4, 0.5) is 0 Å². The van der Waals surface area contributed by atoms with Crippen LogP contribution in [-0.4, -0.2) is 37.4 Å². The van der Waals surface area contributed by atoms with E-state index >= 15 is 0 Å². The standard InChI is InChI=1S/C15H30N2O/c1-2-3-12-4-6-13(7-5-12)8-16-9-14-10-17-11-15(14)18/h12-18H,2-11H2,1H3. The molecule has 2 atom stereocenters. The van der Waals surface area contributed by atoms with Gasteiger partial charge in [-0.25, -0.2) is 0 Å². The molecule has 0 spiro atoms. The van der Waals surface area contributed by atoms with E-state index < -0.39 is 0 Å². The first-order valence-corrected chi connectivity index (χ1v) is 7.89. The predicted octanol–water partition coefficient (Wildman–Crippen LogP) is 1.76. The number of rotatable bonds is 6. The van der Waals surface area contributed by atoms with Crippen molar-refractivity contribution in [1.82, 2.24) is 10.6 Å². The molecule has 1 saturated carbocycles. The van der Waals surface area contributed by atoms with Gasteiger partial charge in [-0.3, -0.25) is 0 Å². The van der Waals surface area contributed by atoms with Gasteiger partial charge in [0.1, 0.15) is 0 Å². The first-order valence-electron chi connectivity index (χ1n) is 7.89. The van der Waals surface area contributed by atoms with E-state index in [2.05, 4.69) is 17.6 Å². The fourth-order valence-corrected chi connectivity index (χ4v) is 3.53. The van der Waals surface area contributed by atoms with E-state index in [-0.39, 0.29) is 6.10 Å². The monoisotopic (exact) mass is 254 g/mol. The molecule has 0 aromatic rings. The van der Waals surface area contributed by atoms with Gasteiger partial charge in [0.15, 0.2) is 0 Å². The molecular formula is C15H30N2O. The van der Waals surface area contributed by atoms with Gasteiger partial charge < -0.3 is 15.7 Å². The lowest BCUT2D eigenvalue weighted by Crippen LogP contribution is -2.34. The number of aliphatic hydroxyl groups is 1. The van der Waals surface area contributed by atoms with Crippen molar-refractivity contribution in [2.45, 2.75) is 51.6 Å². The molecule has 3 N–H and O–H groups in total. The van der Waals surface area contributed by atoms with Gasteiger partial charge in [-0.05, 0) is 31.2 Å². The van der Waals surface area contributed by atoms with Crippen molar-refractivity contribution in [3.05, 3.63) is 0 Å². The summed E-state index contributed by atoms with van der Waals surface area (Å²) in [5.41, 5.74) is 0. The van der Waals surface area contributed by atoms with Crippen molar-refractivity contribution in [3.8, 4) is 0 Å². The minimum Gasteiger partial charge on any atom is -0.391 e. The summed E-state index contributed by atoms with van der Waals surface area (Å²) in [6.45, 7) is 6.17. The Morgan fingerprint density at radius 2 is 1.78 bits per heavy atom. The van der Waals surface area contributed by atoms with Crippen molar-refractivity contribution < 1.29 is 5.11 Å². The molecule has 3 heteroatoms. The fourth-order valence-electron chi connectivity index (χ4n) is 3.53. The van der Waals surface area contributed by atoms with Gasteiger partial charge in [-0.15, -0.1) is 0 Å². The van der Waals surface area contributed by atoms with Gasteiger partial charge in [-0.1, -0.05) is 32.6 Å². The predicted molar refractivity (Wildman–Crippen MR) is 75.6 cm³/mol. The van der Waals surface area contributed by atoms with E-state index in [1.54, 1.807) is 0 Å². The molecule has 2 aliphatic rings. The molecule has 2 unspecified atom stereocenters. The molecule has 2 rings (SSSR count). The Labute approximate surface area is 112 Å². The summed E-state index contributed by atoms with van der Waals surface area (Å²) in [7, 11) is 0. The third-order valence-electron chi connectivity index (χ3n) is 4.81. The van der Waals surface area contributed by atoms with Crippen molar-refractivity contribution >= 4 is 0 Å². The van der Waals surface area contributed by atoms with E-state index in [1.807, 2.05) is 0 Å². The lowest BCUT2D eigenvalue weighted by Gasteiger charge is -2.29. The van der Waals surface area contributed by atoms with Crippen molar-refractivity contribution in [2.75, 3.05) is 26.2 Å². The van der Waals surface area contributed by atoms with Gasteiger partial charge in [0.25, 0.3) is 0 Å². The van der Waals surface area contributed by atoms with Crippen LogP contribution in [0.25, 0.3) is 0 Å². The second kappa shape index (κ2) is 7.46. The molecule has 1 heterocycles. The van der Waals surface area contributed by atoms with Crippen molar-refractivity contribution in [2.24, 2.45) is 17.8 Å². The summed E-state index contributed by atoms with van der Waals surface area (Å²) in [5, 5.41) is 16.5. The highest BCUT2D eigenvalue weighted by atomic mass is 16.3. The smallest absolute Gasteiger partial charge is 0.0716 e. The molecule has 3 nitrogen and oxygen atoms in total. The Bertz CT molecular complexity index is 227. The van der Waals surface area contributed by atoms with Crippen LogP contribution in [0.15, 0.2) is 0 Å². The quantitative estimate of drug-likeness (QED) is 0.677. The summed E-state index contributed by atoms with van der Waals surface area (Å²) in [6, 6.07) is 0. The maximum Gasteiger partial charge on any atom is 0.0716 e. The number of nitrogens with one attached hydrogen (secondary N) is 2. The van der Waals surface area contributed by atoms with Crippen molar-refractivity contribution in [1.29, 1.82) is 0 Å². The zero-order chi connectivity index (χ0) is 12.8. The van der Waals surface area contributed by atoms with Crippen LogP contribution in [0.1, 0.15) is 45.4 Å². The third kappa shape index (κ3) is 4.22. The maximum absolute atomic E-state index is 9.72. The number of hydrogen-bond acceptors (Lipinski definition) is 3. The van der Waals surface area contributed by atoms with Crippen LogP contribution in [0.2, 0.25) is 0 Å². The first kappa shape index (κ1) is 14.3. The zero-order valence-corrected chi connectivity index (χ0v) is 11.8.